The maximum Gasteiger partial charge on any atom is 0.0654 e. The summed E-state index contributed by atoms with van der Waals surface area (Å²) in [6.45, 7) is 0.707. The van der Waals surface area contributed by atoms with Crippen molar-refractivity contribution in [2.24, 2.45) is 0 Å². The topological polar surface area (TPSA) is 35.0 Å². The first kappa shape index (κ1) is 7.15. The maximum atomic E-state index is 4.88. The molecule has 1 aromatic rings. The lowest BCUT2D eigenvalue weighted by molar-refractivity contribution is 0.201. The molecule has 54 valence electrons. The molecule has 10 heavy (non-hydrogen) atoms. The first-order valence-corrected chi connectivity index (χ1v) is 3.19. The van der Waals surface area contributed by atoms with Crippen LogP contribution in [-0.4, -0.2) is 23.9 Å². The number of rotatable bonds is 3. The second kappa shape index (κ2) is 3.95. The fourth-order valence-corrected chi connectivity index (χ4v) is 0.673. The Morgan fingerprint density at radius 1 is 1.60 bits per heavy atom. The highest BCUT2D eigenvalue weighted by Crippen LogP contribution is 1.91. The van der Waals surface area contributed by atoms with Crippen LogP contribution in [0.3, 0.4) is 0 Å². The Balaban J connectivity index is 2.43. The van der Waals surface area contributed by atoms with Gasteiger partial charge in [0.05, 0.1) is 12.3 Å². The molecule has 0 unspecified atom stereocenters. The summed E-state index contributed by atoms with van der Waals surface area (Å²) < 4.78 is 4.88. The smallest absolute Gasteiger partial charge is 0.0654 e. The molecule has 0 fully saturated rings. The predicted molar refractivity (Wildman–Crippen MR) is 37.6 cm³/mol. The van der Waals surface area contributed by atoms with Crippen LogP contribution in [0.15, 0.2) is 18.3 Å². The van der Waals surface area contributed by atoms with Gasteiger partial charge in [-0.25, -0.2) is 0 Å². The molecule has 0 aliphatic rings. The number of hydrogen-bond acceptors (Lipinski definition) is 3. The summed E-state index contributed by atoms with van der Waals surface area (Å²) in [4.78, 5) is 0. The number of ether oxygens (including phenoxy) is 1. The van der Waals surface area contributed by atoms with Crippen molar-refractivity contribution >= 4 is 0 Å². The summed E-state index contributed by atoms with van der Waals surface area (Å²) in [5, 5.41) is 7.62. The van der Waals surface area contributed by atoms with E-state index in [9.17, 15) is 0 Å². The van der Waals surface area contributed by atoms with Crippen LogP contribution >= 0.6 is 0 Å². The lowest BCUT2D eigenvalue weighted by atomic mass is 10.3. The van der Waals surface area contributed by atoms with Crippen LogP contribution in [0, 0.1) is 0 Å². The second-order valence-electron chi connectivity index (χ2n) is 1.96. The highest BCUT2D eigenvalue weighted by atomic mass is 16.5. The van der Waals surface area contributed by atoms with Crippen LogP contribution in [-0.2, 0) is 11.2 Å². The molecule has 1 heterocycles. The van der Waals surface area contributed by atoms with E-state index in [0.29, 0.717) is 6.61 Å². The summed E-state index contributed by atoms with van der Waals surface area (Å²) >= 11 is 0. The second-order valence-corrected chi connectivity index (χ2v) is 1.96. The molecule has 0 atom stereocenters. The average molecular weight is 138 g/mol. The van der Waals surface area contributed by atoms with Crippen molar-refractivity contribution in [2.45, 2.75) is 6.42 Å². The van der Waals surface area contributed by atoms with Crippen LogP contribution < -0.4 is 0 Å². The van der Waals surface area contributed by atoms with Gasteiger partial charge in [-0.2, -0.15) is 10.2 Å². The van der Waals surface area contributed by atoms with Gasteiger partial charge in [0.25, 0.3) is 0 Å². The Morgan fingerprint density at radius 3 is 3.10 bits per heavy atom. The van der Waals surface area contributed by atoms with E-state index in [-0.39, 0.29) is 0 Å². The zero-order valence-electron chi connectivity index (χ0n) is 5.95. The van der Waals surface area contributed by atoms with Gasteiger partial charge in [0.2, 0.25) is 0 Å². The third-order valence-corrected chi connectivity index (χ3v) is 1.19. The molecule has 0 aliphatic heterocycles. The molecule has 3 nitrogen and oxygen atoms in total. The predicted octanol–water partition coefficient (Wildman–Crippen LogP) is 0.665. The van der Waals surface area contributed by atoms with E-state index in [1.807, 2.05) is 12.1 Å². The molecular formula is C7H10N2O. The first-order valence-electron chi connectivity index (χ1n) is 3.19. The van der Waals surface area contributed by atoms with Gasteiger partial charge < -0.3 is 4.74 Å². The zero-order chi connectivity index (χ0) is 7.23. The number of methoxy groups -OCH3 is 1. The highest BCUT2D eigenvalue weighted by molar-refractivity contribution is 4.98. The Kier molecular flexibility index (Phi) is 2.83. The van der Waals surface area contributed by atoms with Gasteiger partial charge in [-0.05, 0) is 12.1 Å². The Hall–Kier alpha value is -0.960. The molecule has 0 amide bonds. The Bertz CT molecular complexity index is 176. The third-order valence-electron chi connectivity index (χ3n) is 1.19. The summed E-state index contributed by atoms with van der Waals surface area (Å²) in [5.74, 6) is 0. The molecule has 0 aromatic carbocycles. The van der Waals surface area contributed by atoms with E-state index in [4.69, 9.17) is 4.74 Å². The quantitative estimate of drug-likeness (QED) is 0.615. The molecule has 1 aromatic heterocycles. The monoisotopic (exact) mass is 138 g/mol. The van der Waals surface area contributed by atoms with Crippen LogP contribution in [0.4, 0.5) is 0 Å². The van der Waals surface area contributed by atoms with Crippen molar-refractivity contribution in [3.8, 4) is 0 Å². The fraction of sp³-hybridized carbons (Fsp3) is 0.429. The number of aromatic nitrogens is 2. The van der Waals surface area contributed by atoms with Crippen molar-refractivity contribution in [1.29, 1.82) is 0 Å². The SMILES string of the molecule is COCCc1cccnn1. The third kappa shape index (κ3) is 2.11. The molecule has 0 N–H and O–H groups in total. The lowest BCUT2D eigenvalue weighted by Gasteiger charge is -1.95. The van der Waals surface area contributed by atoms with Gasteiger partial charge in [-0.3, -0.25) is 0 Å². The minimum Gasteiger partial charge on any atom is -0.384 e. The van der Waals surface area contributed by atoms with E-state index >= 15 is 0 Å². The minimum atomic E-state index is 0.707. The number of nitrogens with zero attached hydrogens (tertiary/aromatic N) is 2. The van der Waals surface area contributed by atoms with Crippen molar-refractivity contribution in [1.82, 2.24) is 10.2 Å². The van der Waals surface area contributed by atoms with E-state index in [2.05, 4.69) is 10.2 Å². The van der Waals surface area contributed by atoms with Crippen LogP contribution in [0.5, 0.6) is 0 Å². The molecule has 0 saturated heterocycles. The molecule has 0 aliphatic carbocycles. The van der Waals surface area contributed by atoms with Crippen molar-refractivity contribution in [2.75, 3.05) is 13.7 Å². The van der Waals surface area contributed by atoms with E-state index in [1.165, 1.54) is 0 Å². The Morgan fingerprint density at radius 2 is 2.50 bits per heavy atom. The summed E-state index contributed by atoms with van der Waals surface area (Å²) in [5.41, 5.74) is 0.976. The van der Waals surface area contributed by atoms with Gasteiger partial charge in [-0.1, -0.05) is 0 Å². The summed E-state index contributed by atoms with van der Waals surface area (Å²) in [7, 11) is 1.68. The van der Waals surface area contributed by atoms with Crippen LogP contribution in [0.25, 0.3) is 0 Å². The van der Waals surface area contributed by atoms with Gasteiger partial charge in [0.15, 0.2) is 0 Å². The Labute approximate surface area is 60.0 Å². The van der Waals surface area contributed by atoms with Crippen LogP contribution in [0.1, 0.15) is 5.69 Å². The van der Waals surface area contributed by atoms with Gasteiger partial charge in [0.1, 0.15) is 0 Å². The van der Waals surface area contributed by atoms with E-state index in [0.717, 1.165) is 12.1 Å². The molecule has 0 bridgehead atoms. The molecule has 0 radical (unpaired) electrons. The van der Waals surface area contributed by atoms with Crippen molar-refractivity contribution in [3.63, 3.8) is 0 Å². The lowest BCUT2D eigenvalue weighted by Crippen LogP contribution is -1.97. The fourth-order valence-electron chi connectivity index (χ4n) is 0.673. The van der Waals surface area contributed by atoms with E-state index in [1.54, 1.807) is 13.3 Å². The standard InChI is InChI=1S/C7H10N2O/c1-10-6-4-7-3-2-5-8-9-7/h2-3,5H,4,6H2,1H3. The van der Waals surface area contributed by atoms with Gasteiger partial charge >= 0.3 is 0 Å². The zero-order valence-corrected chi connectivity index (χ0v) is 5.95. The summed E-state index contributed by atoms with van der Waals surface area (Å²) in [6.07, 6.45) is 2.50. The average Bonchev–Trinajstić information content (AvgIpc) is 2.03. The summed E-state index contributed by atoms with van der Waals surface area (Å²) in [6, 6.07) is 3.81. The van der Waals surface area contributed by atoms with E-state index < -0.39 is 0 Å². The molecule has 0 saturated carbocycles. The largest absolute Gasteiger partial charge is 0.384 e. The highest BCUT2D eigenvalue weighted by Gasteiger charge is 1.90. The normalized spacial score (nSPS) is 9.70. The van der Waals surface area contributed by atoms with Crippen molar-refractivity contribution in [3.05, 3.63) is 24.0 Å². The van der Waals surface area contributed by atoms with Gasteiger partial charge in [0, 0.05) is 19.7 Å². The number of hydrogen-bond donors (Lipinski definition) is 0. The molecule has 1 rings (SSSR count). The van der Waals surface area contributed by atoms with Crippen molar-refractivity contribution < 1.29 is 4.74 Å². The van der Waals surface area contributed by atoms with Gasteiger partial charge in [-0.15, -0.1) is 0 Å². The maximum absolute atomic E-state index is 4.88. The van der Waals surface area contributed by atoms with Crippen LogP contribution in [0.2, 0.25) is 0 Å². The molecule has 3 heteroatoms. The molecular weight excluding hydrogens is 128 g/mol. The first-order chi connectivity index (χ1) is 4.93. The molecule has 0 spiro atoms. The minimum absolute atomic E-state index is 0.707.